The molecule has 0 radical (unpaired) electrons. The molecule has 1 aliphatic rings. The highest BCUT2D eigenvalue weighted by atomic mass is 16.2. The minimum Gasteiger partial charge on any atom is -0.327 e. The largest absolute Gasteiger partial charge is 0.327 e. The number of nitrogens with one attached hydrogen (secondary N) is 1. The van der Waals surface area contributed by atoms with E-state index in [0.29, 0.717) is 0 Å². The van der Waals surface area contributed by atoms with E-state index in [0.717, 1.165) is 25.7 Å². The van der Waals surface area contributed by atoms with E-state index >= 15 is 0 Å². The van der Waals surface area contributed by atoms with Gasteiger partial charge in [-0.05, 0) is 12.8 Å². The van der Waals surface area contributed by atoms with Crippen LogP contribution in [0.1, 0.15) is 25.7 Å². The van der Waals surface area contributed by atoms with Crippen molar-refractivity contribution in [2.24, 2.45) is 17.5 Å². The van der Waals surface area contributed by atoms with Gasteiger partial charge in [-0.1, -0.05) is 12.8 Å². The molecule has 2 atom stereocenters. The third-order valence-corrected chi connectivity index (χ3v) is 2.30. The molecule has 0 bridgehead atoms. The molecule has 4 heteroatoms. The second kappa shape index (κ2) is 3.69. The van der Waals surface area contributed by atoms with Crippen LogP contribution >= 0.6 is 0 Å². The molecule has 0 aliphatic heterocycles. The third kappa shape index (κ3) is 1.91. The molecule has 1 saturated carbocycles. The van der Waals surface area contributed by atoms with Gasteiger partial charge in [0.2, 0.25) is 5.91 Å². The van der Waals surface area contributed by atoms with E-state index in [1.165, 1.54) is 0 Å². The predicted octanol–water partition coefficient (Wildman–Crippen LogP) is -0.506. The van der Waals surface area contributed by atoms with Gasteiger partial charge in [0.1, 0.15) is 0 Å². The number of amides is 1. The van der Waals surface area contributed by atoms with Crippen LogP contribution in [0.5, 0.6) is 0 Å². The molecule has 0 aromatic rings. The van der Waals surface area contributed by atoms with Crippen molar-refractivity contribution < 1.29 is 4.79 Å². The summed E-state index contributed by atoms with van der Waals surface area (Å²) in [6.45, 7) is 0. The number of carbonyl (C=O) groups excluding carboxylic acids is 1. The number of rotatable bonds is 1. The number of hydrogen-bond acceptors (Lipinski definition) is 3. The Balaban J connectivity index is 2.47. The zero-order chi connectivity index (χ0) is 8.27. The van der Waals surface area contributed by atoms with Gasteiger partial charge >= 0.3 is 0 Å². The molecule has 0 heterocycles. The Bertz CT molecular complexity index is 149. The van der Waals surface area contributed by atoms with Gasteiger partial charge in [-0.3, -0.25) is 10.2 Å². The summed E-state index contributed by atoms with van der Waals surface area (Å²) in [5.41, 5.74) is 7.89. The second-order valence-corrected chi connectivity index (χ2v) is 3.06. The van der Waals surface area contributed by atoms with Gasteiger partial charge < -0.3 is 5.73 Å². The Hall–Kier alpha value is -0.610. The molecule has 1 fully saturated rings. The maximum Gasteiger partial charge on any atom is 0.238 e. The molecular formula is C7H15N3O. The highest BCUT2D eigenvalue weighted by molar-refractivity contribution is 5.78. The summed E-state index contributed by atoms with van der Waals surface area (Å²) in [7, 11) is 0. The smallest absolute Gasteiger partial charge is 0.238 e. The minimum atomic E-state index is -0.114. The van der Waals surface area contributed by atoms with E-state index in [2.05, 4.69) is 5.43 Å². The van der Waals surface area contributed by atoms with Crippen molar-refractivity contribution in [1.29, 1.82) is 0 Å². The van der Waals surface area contributed by atoms with Crippen LogP contribution in [-0.2, 0) is 4.79 Å². The molecule has 1 amide bonds. The molecule has 1 rings (SSSR count). The van der Waals surface area contributed by atoms with Crippen LogP contribution in [0.25, 0.3) is 0 Å². The van der Waals surface area contributed by atoms with Gasteiger partial charge in [0.25, 0.3) is 0 Å². The van der Waals surface area contributed by atoms with E-state index < -0.39 is 0 Å². The second-order valence-electron chi connectivity index (χ2n) is 3.06. The quantitative estimate of drug-likeness (QED) is 0.272. The van der Waals surface area contributed by atoms with Crippen molar-refractivity contribution in [3.8, 4) is 0 Å². The van der Waals surface area contributed by atoms with Crippen molar-refractivity contribution in [3.63, 3.8) is 0 Å². The summed E-state index contributed by atoms with van der Waals surface area (Å²) in [4.78, 5) is 11.1. The highest BCUT2D eigenvalue weighted by Crippen LogP contribution is 2.22. The average molecular weight is 157 g/mol. The topological polar surface area (TPSA) is 81.1 Å². The number of nitrogens with two attached hydrogens (primary N) is 2. The molecule has 5 N–H and O–H groups in total. The Morgan fingerprint density at radius 1 is 1.36 bits per heavy atom. The lowest BCUT2D eigenvalue weighted by Gasteiger charge is -2.26. The van der Waals surface area contributed by atoms with E-state index in [4.69, 9.17) is 11.6 Å². The molecular weight excluding hydrogens is 142 g/mol. The standard InChI is InChI=1S/C7H15N3O/c8-6-4-2-1-3-5(6)7(11)10-9/h5-6H,1-4,8-9H2,(H,10,11)/t5-,6+/m0/s1. The first-order valence-corrected chi connectivity index (χ1v) is 4.01. The fourth-order valence-corrected chi connectivity index (χ4v) is 1.59. The first-order valence-electron chi connectivity index (χ1n) is 4.01. The summed E-state index contributed by atoms with van der Waals surface area (Å²) >= 11 is 0. The SMILES string of the molecule is NNC(=O)[C@H]1CCCC[C@H]1N. The number of hydrazine groups is 1. The maximum atomic E-state index is 11.1. The Labute approximate surface area is 66.3 Å². The first kappa shape index (κ1) is 8.49. The molecule has 0 spiro atoms. The van der Waals surface area contributed by atoms with Crippen LogP contribution in [0.3, 0.4) is 0 Å². The molecule has 11 heavy (non-hydrogen) atoms. The number of hydrogen-bond donors (Lipinski definition) is 3. The van der Waals surface area contributed by atoms with Crippen molar-refractivity contribution in [2.75, 3.05) is 0 Å². The van der Waals surface area contributed by atoms with Crippen LogP contribution in [0, 0.1) is 5.92 Å². The van der Waals surface area contributed by atoms with Crippen LogP contribution in [0.15, 0.2) is 0 Å². The summed E-state index contributed by atoms with van der Waals surface area (Å²) in [6, 6.07) is 0.00676. The number of carbonyl (C=O) groups is 1. The first-order chi connectivity index (χ1) is 5.25. The summed E-state index contributed by atoms with van der Waals surface area (Å²) < 4.78 is 0. The fourth-order valence-electron chi connectivity index (χ4n) is 1.59. The molecule has 1 aliphatic carbocycles. The van der Waals surface area contributed by atoms with Crippen molar-refractivity contribution in [2.45, 2.75) is 31.7 Å². The molecule has 0 unspecified atom stereocenters. The van der Waals surface area contributed by atoms with Gasteiger partial charge in [-0.15, -0.1) is 0 Å². The Morgan fingerprint density at radius 3 is 2.55 bits per heavy atom. The lowest BCUT2D eigenvalue weighted by atomic mass is 9.85. The Morgan fingerprint density at radius 2 is 2.00 bits per heavy atom. The Kier molecular flexibility index (Phi) is 2.84. The summed E-state index contributed by atoms with van der Waals surface area (Å²) in [6.07, 6.45) is 4.05. The van der Waals surface area contributed by atoms with E-state index in [1.54, 1.807) is 0 Å². The predicted molar refractivity (Wildman–Crippen MR) is 42.3 cm³/mol. The lowest BCUT2D eigenvalue weighted by molar-refractivity contribution is -0.126. The van der Waals surface area contributed by atoms with Gasteiger partial charge in [0.05, 0.1) is 5.92 Å². The van der Waals surface area contributed by atoms with Crippen LogP contribution < -0.4 is 17.0 Å². The fraction of sp³-hybridized carbons (Fsp3) is 0.857. The molecule has 4 nitrogen and oxygen atoms in total. The minimum absolute atomic E-state index is 0.00676. The summed E-state index contributed by atoms with van der Waals surface area (Å²) in [5.74, 6) is 4.83. The molecule has 0 saturated heterocycles. The van der Waals surface area contributed by atoms with E-state index in [-0.39, 0.29) is 17.9 Å². The van der Waals surface area contributed by atoms with E-state index in [9.17, 15) is 4.79 Å². The maximum absolute atomic E-state index is 11.1. The third-order valence-electron chi connectivity index (χ3n) is 2.30. The monoisotopic (exact) mass is 157 g/mol. The lowest BCUT2D eigenvalue weighted by Crippen LogP contribution is -2.45. The zero-order valence-electron chi connectivity index (χ0n) is 6.55. The van der Waals surface area contributed by atoms with Crippen LogP contribution in [0.4, 0.5) is 0 Å². The van der Waals surface area contributed by atoms with Gasteiger partial charge in [-0.2, -0.15) is 0 Å². The van der Waals surface area contributed by atoms with Crippen molar-refractivity contribution >= 4 is 5.91 Å². The summed E-state index contributed by atoms with van der Waals surface area (Å²) in [5, 5.41) is 0. The van der Waals surface area contributed by atoms with Gasteiger partial charge in [0, 0.05) is 6.04 Å². The van der Waals surface area contributed by atoms with Gasteiger partial charge in [-0.25, -0.2) is 5.84 Å². The molecule has 64 valence electrons. The average Bonchev–Trinajstić information content (AvgIpc) is 2.04. The van der Waals surface area contributed by atoms with Crippen LogP contribution in [-0.4, -0.2) is 11.9 Å². The van der Waals surface area contributed by atoms with Crippen LogP contribution in [0.2, 0.25) is 0 Å². The molecule has 0 aromatic carbocycles. The zero-order valence-corrected chi connectivity index (χ0v) is 6.55. The van der Waals surface area contributed by atoms with Crippen molar-refractivity contribution in [3.05, 3.63) is 0 Å². The van der Waals surface area contributed by atoms with E-state index in [1.807, 2.05) is 0 Å². The highest BCUT2D eigenvalue weighted by Gasteiger charge is 2.27. The normalized spacial score (nSPS) is 31.5. The van der Waals surface area contributed by atoms with Gasteiger partial charge in [0.15, 0.2) is 0 Å². The van der Waals surface area contributed by atoms with Crippen molar-refractivity contribution in [1.82, 2.24) is 5.43 Å². The molecule has 0 aromatic heterocycles.